The van der Waals surface area contributed by atoms with Crippen molar-refractivity contribution >= 4 is 16.7 Å². The van der Waals surface area contributed by atoms with Crippen molar-refractivity contribution in [1.82, 2.24) is 4.57 Å². The molecule has 0 N–H and O–H groups in total. The van der Waals surface area contributed by atoms with Crippen molar-refractivity contribution in [2.45, 2.75) is 20.4 Å². The number of ether oxygens (including phenoxy) is 2. The molecule has 1 aromatic heterocycles. The summed E-state index contributed by atoms with van der Waals surface area (Å²) in [5.41, 5.74) is 3.16. The van der Waals surface area contributed by atoms with E-state index in [1.54, 1.807) is 31.5 Å². The van der Waals surface area contributed by atoms with Gasteiger partial charge in [0.05, 0.1) is 30.2 Å². The molecule has 0 radical (unpaired) electrons. The van der Waals surface area contributed by atoms with Gasteiger partial charge in [-0.05, 0) is 49.7 Å². The molecule has 0 saturated heterocycles. The molecule has 32 heavy (non-hydrogen) atoms. The van der Waals surface area contributed by atoms with Crippen LogP contribution in [0.4, 0.5) is 0 Å². The fourth-order valence-corrected chi connectivity index (χ4v) is 3.71. The summed E-state index contributed by atoms with van der Waals surface area (Å²) in [6.07, 6.45) is 1.66. The van der Waals surface area contributed by atoms with Crippen LogP contribution < -0.4 is 14.9 Å². The van der Waals surface area contributed by atoms with Gasteiger partial charge < -0.3 is 14.0 Å². The van der Waals surface area contributed by atoms with E-state index < -0.39 is 0 Å². The molecular formula is C27H25NO4. The van der Waals surface area contributed by atoms with Crippen LogP contribution in [0.2, 0.25) is 0 Å². The fourth-order valence-electron chi connectivity index (χ4n) is 3.71. The van der Waals surface area contributed by atoms with Crippen LogP contribution in [0.5, 0.6) is 11.5 Å². The second kappa shape index (κ2) is 9.10. The first-order valence-corrected chi connectivity index (χ1v) is 10.5. The number of pyridine rings is 1. The Morgan fingerprint density at radius 2 is 1.62 bits per heavy atom. The van der Waals surface area contributed by atoms with Gasteiger partial charge in [0, 0.05) is 18.3 Å². The van der Waals surface area contributed by atoms with Crippen LogP contribution in [0.3, 0.4) is 0 Å². The number of rotatable bonds is 7. The Morgan fingerprint density at radius 1 is 0.938 bits per heavy atom. The number of aryl methyl sites for hydroxylation is 1. The third-order valence-corrected chi connectivity index (χ3v) is 5.43. The molecule has 0 unspecified atom stereocenters. The van der Waals surface area contributed by atoms with E-state index in [2.05, 4.69) is 0 Å². The number of methoxy groups -OCH3 is 1. The molecule has 0 saturated carbocycles. The van der Waals surface area contributed by atoms with Crippen molar-refractivity contribution in [1.29, 1.82) is 0 Å². The van der Waals surface area contributed by atoms with Gasteiger partial charge in [-0.3, -0.25) is 9.59 Å². The second-order valence-corrected chi connectivity index (χ2v) is 7.65. The molecule has 0 aliphatic carbocycles. The summed E-state index contributed by atoms with van der Waals surface area (Å²) in [7, 11) is 1.63. The van der Waals surface area contributed by atoms with Crippen LogP contribution in [0.1, 0.15) is 34.0 Å². The highest BCUT2D eigenvalue weighted by Gasteiger charge is 2.18. The maximum atomic E-state index is 13.3. The van der Waals surface area contributed by atoms with Crippen molar-refractivity contribution in [3.63, 3.8) is 0 Å². The topological polar surface area (TPSA) is 57.5 Å². The third-order valence-electron chi connectivity index (χ3n) is 5.43. The van der Waals surface area contributed by atoms with Crippen LogP contribution in [-0.4, -0.2) is 24.1 Å². The number of hydrogen-bond acceptors (Lipinski definition) is 4. The quantitative estimate of drug-likeness (QED) is 0.390. The lowest BCUT2D eigenvalue weighted by Crippen LogP contribution is -2.20. The Kier molecular flexibility index (Phi) is 6.08. The van der Waals surface area contributed by atoms with Crippen molar-refractivity contribution in [2.75, 3.05) is 13.7 Å². The van der Waals surface area contributed by atoms with Crippen LogP contribution in [-0.2, 0) is 6.54 Å². The Morgan fingerprint density at radius 3 is 2.28 bits per heavy atom. The first-order chi connectivity index (χ1) is 15.5. The average molecular weight is 428 g/mol. The van der Waals surface area contributed by atoms with Gasteiger partial charge in [-0.2, -0.15) is 0 Å². The molecule has 0 amide bonds. The molecule has 0 aliphatic rings. The number of ketones is 1. The largest absolute Gasteiger partial charge is 0.497 e. The minimum Gasteiger partial charge on any atom is -0.497 e. The van der Waals surface area contributed by atoms with Gasteiger partial charge in [0.15, 0.2) is 5.78 Å². The van der Waals surface area contributed by atoms with Gasteiger partial charge >= 0.3 is 0 Å². The van der Waals surface area contributed by atoms with Crippen molar-refractivity contribution < 1.29 is 14.3 Å². The smallest absolute Gasteiger partial charge is 0.200 e. The molecule has 4 rings (SSSR count). The number of nitrogens with zero attached hydrogens (tertiary/aromatic N) is 1. The third kappa shape index (κ3) is 4.28. The number of benzene rings is 3. The molecule has 0 atom stereocenters. The lowest BCUT2D eigenvalue weighted by molar-refractivity contribution is 0.103. The minimum absolute atomic E-state index is 0.142. The van der Waals surface area contributed by atoms with Gasteiger partial charge in [-0.25, -0.2) is 0 Å². The van der Waals surface area contributed by atoms with Gasteiger partial charge in [0.2, 0.25) is 5.43 Å². The maximum Gasteiger partial charge on any atom is 0.200 e. The highest BCUT2D eigenvalue weighted by Crippen LogP contribution is 2.22. The highest BCUT2D eigenvalue weighted by molar-refractivity contribution is 6.10. The molecule has 0 bridgehead atoms. The minimum atomic E-state index is -0.293. The fraction of sp³-hybridized carbons (Fsp3) is 0.185. The van der Waals surface area contributed by atoms with Crippen LogP contribution >= 0.6 is 0 Å². The predicted molar refractivity (Wildman–Crippen MR) is 126 cm³/mol. The van der Waals surface area contributed by atoms with E-state index in [4.69, 9.17) is 9.47 Å². The van der Waals surface area contributed by atoms with Crippen molar-refractivity contribution in [2.24, 2.45) is 0 Å². The van der Waals surface area contributed by atoms with Gasteiger partial charge in [0.25, 0.3) is 0 Å². The molecule has 5 heteroatoms. The number of fused-ring (bicyclic) bond motifs is 1. The summed E-state index contributed by atoms with van der Waals surface area (Å²) < 4.78 is 12.8. The number of aromatic nitrogens is 1. The lowest BCUT2D eigenvalue weighted by atomic mass is 10.0. The van der Waals surface area contributed by atoms with Crippen molar-refractivity contribution in [3.05, 3.63) is 105 Å². The molecule has 0 aliphatic heterocycles. The number of hydrogen-bond donors (Lipinski definition) is 0. The molecule has 1 heterocycles. The molecular weight excluding hydrogens is 402 g/mol. The SMILES string of the molecule is CCOc1ccc2c(c1)c(=O)c(C(=O)c1ccc(C)cc1)cn2Cc1ccc(OC)cc1. The van der Waals surface area contributed by atoms with E-state index >= 15 is 0 Å². The predicted octanol–water partition coefficient (Wildman–Crippen LogP) is 5.00. The van der Waals surface area contributed by atoms with Crippen LogP contribution in [0, 0.1) is 6.92 Å². The second-order valence-electron chi connectivity index (χ2n) is 7.65. The Hall–Kier alpha value is -3.86. The standard InChI is InChI=1S/C27H25NO4/c1-4-32-22-13-14-25-23(15-22)27(30)24(26(29)20-9-5-18(2)6-10-20)17-28(25)16-19-7-11-21(31-3)12-8-19/h5-15,17H,4,16H2,1-3H3. The average Bonchev–Trinajstić information content (AvgIpc) is 2.81. The Bertz CT molecular complexity index is 1320. The summed E-state index contributed by atoms with van der Waals surface area (Å²) in [4.78, 5) is 26.6. The molecule has 4 aromatic rings. The van der Waals surface area contributed by atoms with Crippen molar-refractivity contribution in [3.8, 4) is 11.5 Å². The maximum absolute atomic E-state index is 13.3. The highest BCUT2D eigenvalue weighted by atomic mass is 16.5. The first kappa shape index (κ1) is 21.4. The van der Waals surface area contributed by atoms with Gasteiger partial charge in [0.1, 0.15) is 11.5 Å². The normalized spacial score (nSPS) is 10.8. The van der Waals surface area contributed by atoms with E-state index in [9.17, 15) is 9.59 Å². The molecule has 162 valence electrons. The number of carbonyl (C=O) groups is 1. The summed E-state index contributed by atoms with van der Waals surface area (Å²) in [6.45, 7) is 4.85. The number of carbonyl (C=O) groups excluding carboxylic acids is 1. The molecule has 5 nitrogen and oxygen atoms in total. The summed E-state index contributed by atoms with van der Waals surface area (Å²) in [5, 5.41) is 0.461. The Balaban J connectivity index is 1.86. The first-order valence-electron chi connectivity index (χ1n) is 10.5. The van der Waals surface area contributed by atoms with E-state index in [1.165, 1.54) is 0 Å². The Labute approximate surface area is 186 Å². The zero-order valence-electron chi connectivity index (χ0n) is 18.4. The van der Waals surface area contributed by atoms with Crippen LogP contribution in [0.25, 0.3) is 10.9 Å². The van der Waals surface area contributed by atoms with E-state index in [0.29, 0.717) is 29.9 Å². The summed E-state index contributed by atoms with van der Waals surface area (Å²) in [5.74, 6) is 1.09. The van der Waals surface area contributed by atoms with E-state index in [1.807, 2.05) is 66.9 Å². The lowest BCUT2D eigenvalue weighted by Gasteiger charge is -2.15. The van der Waals surface area contributed by atoms with Gasteiger partial charge in [-0.15, -0.1) is 0 Å². The molecule has 0 fully saturated rings. The van der Waals surface area contributed by atoms with E-state index in [-0.39, 0.29) is 16.8 Å². The van der Waals surface area contributed by atoms with E-state index in [0.717, 1.165) is 22.4 Å². The summed E-state index contributed by atoms with van der Waals surface area (Å²) >= 11 is 0. The monoisotopic (exact) mass is 427 g/mol. The van der Waals surface area contributed by atoms with Gasteiger partial charge in [-0.1, -0.05) is 42.0 Å². The molecule has 3 aromatic carbocycles. The summed E-state index contributed by atoms with van der Waals surface area (Å²) in [6, 6.07) is 20.4. The zero-order valence-corrected chi connectivity index (χ0v) is 18.4. The zero-order chi connectivity index (χ0) is 22.7. The van der Waals surface area contributed by atoms with Crippen LogP contribution in [0.15, 0.2) is 77.7 Å². The molecule has 0 spiro atoms.